The zero-order chi connectivity index (χ0) is 26.1. The quantitative estimate of drug-likeness (QED) is 0.380. The summed E-state index contributed by atoms with van der Waals surface area (Å²) in [7, 11) is 0. The van der Waals surface area contributed by atoms with Gasteiger partial charge in [-0.1, -0.05) is 134 Å². The van der Waals surface area contributed by atoms with Crippen LogP contribution in [0.25, 0.3) is 11.1 Å². The van der Waals surface area contributed by atoms with Crippen molar-refractivity contribution >= 4 is 11.1 Å². The van der Waals surface area contributed by atoms with E-state index in [0.717, 1.165) is 12.8 Å². The van der Waals surface area contributed by atoms with Gasteiger partial charge < -0.3 is 0 Å². The molecule has 0 heterocycles. The van der Waals surface area contributed by atoms with Gasteiger partial charge >= 0.3 is 0 Å². The summed E-state index contributed by atoms with van der Waals surface area (Å²) in [6.45, 7) is 29.3. The molecule has 2 atom stereocenters. The molecule has 0 saturated carbocycles. The Hall–Kier alpha value is -2.60. The highest BCUT2D eigenvalue weighted by atomic mass is 14.3. The van der Waals surface area contributed by atoms with Crippen LogP contribution >= 0.6 is 0 Å². The van der Waals surface area contributed by atoms with Gasteiger partial charge in [-0.3, -0.25) is 0 Å². The molecule has 2 aromatic rings. The Morgan fingerprint density at radius 3 is 1.86 bits per heavy atom. The maximum atomic E-state index is 4.59. The minimum atomic E-state index is 0.108. The third kappa shape index (κ3) is 6.35. The molecule has 0 fully saturated rings. The van der Waals surface area contributed by atoms with Gasteiger partial charge in [0.05, 0.1) is 0 Å². The molecule has 2 aromatic carbocycles. The second-order valence-corrected chi connectivity index (χ2v) is 12.6. The van der Waals surface area contributed by atoms with Gasteiger partial charge in [-0.25, -0.2) is 0 Å². The van der Waals surface area contributed by atoms with E-state index >= 15 is 0 Å². The smallest absolute Gasteiger partial charge is 0.0239 e. The first-order chi connectivity index (χ1) is 16.2. The van der Waals surface area contributed by atoms with Gasteiger partial charge in [0.2, 0.25) is 0 Å². The summed E-state index contributed by atoms with van der Waals surface area (Å²) in [5.74, 6) is 0.760. The van der Waals surface area contributed by atoms with Gasteiger partial charge in [0.1, 0.15) is 0 Å². The number of hydrogen-bond acceptors (Lipinski definition) is 0. The van der Waals surface area contributed by atoms with E-state index < -0.39 is 0 Å². The Labute approximate surface area is 215 Å². The molecule has 186 valence electrons. The number of benzene rings is 2. The Morgan fingerprint density at radius 2 is 1.37 bits per heavy atom. The van der Waals surface area contributed by atoms with Crippen molar-refractivity contribution in [3.8, 4) is 0 Å². The summed E-state index contributed by atoms with van der Waals surface area (Å²) in [6.07, 6.45) is 6.76. The molecular formula is C35H46. The van der Waals surface area contributed by atoms with Crippen molar-refractivity contribution in [1.82, 2.24) is 0 Å². The average molecular weight is 467 g/mol. The van der Waals surface area contributed by atoms with Crippen molar-refractivity contribution in [2.45, 2.75) is 91.9 Å². The summed E-state index contributed by atoms with van der Waals surface area (Å²) < 4.78 is 0. The normalized spacial score (nSPS) is 17.1. The van der Waals surface area contributed by atoms with Gasteiger partial charge in [0, 0.05) is 5.92 Å². The van der Waals surface area contributed by atoms with Gasteiger partial charge in [0.15, 0.2) is 0 Å². The van der Waals surface area contributed by atoms with Crippen LogP contribution < -0.4 is 0 Å². The summed E-state index contributed by atoms with van der Waals surface area (Å²) in [5.41, 5.74) is 12.2. The summed E-state index contributed by atoms with van der Waals surface area (Å²) in [6, 6.07) is 16.2. The van der Waals surface area contributed by atoms with E-state index in [0.29, 0.717) is 11.8 Å². The third-order valence-electron chi connectivity index (χ3n) is 7.48. The zero-order valence-electron chi connectivity index (χ0n) is 23.7. The Morgan fingerprint density at radius 1 is 0.829 bits per heavy atom. The van der Waals surface area contributed by atoms with Crippen molar-refractivity contribution < 1.29 is 0 Å². The Kier molecular flexibility index (Phi) is 7.85. The molecule has 35 heavy (non-hydrogen) atoms. The van der Waals surface area contributed by atoms with E-state index in [4.69, 9.17) is 0 Å². The molecule has 0 radical (unpaired) electrons. The van der Waals surface area contributed by atoms with Crippen LogP contribution in [0.2, 0.25) is 0 Å². The fourth-order valence-electron chi connectivity index (χ4n) is 4.93. The molecule has 0 spiro atoms. The van der Waals surface area contributed by atoms with Crippen LogP contribution in [0.1, 0.15) is 109 Å². The summed E-state index contributed by atoms with van der Waals surface area (Å²) in [4.78, 5) is 0. The zero-order valence-corrected chi connectivity index (χ0v) is 23.7. The second-order valence-electron chi connectivity index (χ2n) is 12.6. The largest absolute Gasteiger partial charge is 0.0952 e. The lowest BCUT2D eigenvalue weighted by molar-refractivity contribution is 0.568. The van der Waals surface area contributed by atoms with Crippen LogP contribution in [-0.4, -0.2) is 0 Å². The highest BCUT2D eigenvalue weighted by molar-refractivity contribution is 5.67. The molecular weight excluding hydrogens is 420 g/mol. The molecule has 0 saturated heterocycles. The van der Waals surface area contributed by atoms with Gasteiger partial charge in [-0.05, 0) is 75.5 Å². The highest BCUT2D eigenvalue weighted by Crippen LogP contribution is 2.41. The first kappa shape index (κ1) is 27.0. The number of hydrogen-bond donors (Lipinski definition) is 0. The van der Waals surface area contributed by atoms with E-state index in [-0.39, 0.29) is 10.8 Å². The number of allylic oxidation sites excluding steroid dienone is 6. The molecule has 0 N–H and O–H groups in total. The molecule has 0 heteroatoms. The van der Waals surface area contributed by atoms with E-state index in [2.05, 4.69) is 130 Å². The van der Waals surface area contributed by atoms with E-state index in [1.165, 1.54) is 50.1 Å². The fourth-order valence-corrected chi connectivity index (χ4v) is 4.93. The Bertz CT molecular complexity index is 1120. The molecule has 3 rings (SSSR count). The lowest BCUT2D eigenvalue weighted by atomic mass is 9.77. The predicted octanol–water partition coefficient (Wildman–Crippen LogP) is 10.4. The second kappa shape index (κ2) is 10.2. The van der Waals surface area contributed by atoms with Gasteiger partial charge in [0.25, 0.3) is 0 Å². The average Bonchev–Trinajstić information content (AvgIpc) is 3.19. The molecule has 0 nitrogen and oxygen atoms in total. The van der Waals surface area contributed by atoms with Crippen LogP contribution in [-0.2, 0) is 10.8 Å². The molecule has 1 unspecified atom stereocenters. The minimum absolute atomic E-state index is 0.108. The highest BCUT2D eigenvalue weighted by Gasteiger charge is 2.26. The summed E-state index contributed by atoms with van der Waals surface area (Å²) >= 11 is 0. The minimum Gasteiger partial charge on any atom is -0.0952 e. The lowest BCUT2D eigenvalue weighted by Gasteiger charge is -2.27. The lowest BCUT2D eigenvalue weighted by Crippen LogP contribution is -2.17. The maximum Gasteiger partial charge on any atom is 0.0239 e. The van der Waals surface area contributed by atoms with E-state index in [1.807, 2.05) is 0 Å². The molecule has 0 aliphatic heterocycles. The van der Waals surface area contributed by atoms with Crippen molar-refractivity contribution in [3.05, 3.63) is 107 Å². The van der Waals surface area contributed by atoms with Gasteiger partial charge in [-0.2, -0.15) is 0 Å². The molecule has 1 aliphatic carbocycles. The van der Waals surface area contributed by atoms with E-state index in [9.17, 15) is 0 Å². The van der Waals surface area contributed by atoms with E-state index in [1.54, 1.807) is 0 Å². The van der Waals surface area contributed by atoms with Crippen molar-refractivity contribution in [2.75, 3.05) is 0 Å². The first-order valence-electron chi connectivity index (χ1n) is 13.2. The van der Waals surface area contributed by atoms with Gasteiger partial charge in [-0.15, -0.1) is 0 Å². The first-order valence-corrected chi connectivity index (χ1v) is 13.2. The molecule has 0 amide bonds. The molecule has 0 aromatic heterocycles. The predicted molar refractivity (Wildman–Crippen MR) is 157 cm³/mol. The van der Waals surface area contributed by atoms with Crippen LogP contribution in [0, 0.1) is 5.92 Å². The van der Waals surface area contributed by atoms with Crippen LogP contribution in [0.5, 0.6) is 0 Å². The van der Waals surface area contributed by atoms with Crippen LogP contribution in [0.3, 0.4) is 0 Å². The fraction of sp³-hybridized carbons (Fsp3) is 0.429. The maximum absolute atomic E-state index is 4.59. The standard InChI is InChI=1S/C35H46/c1-12-24(3)27-13-15-28(16-14-27)33-18-23(2)17-32(33)26(5)19-25(4)29-20-30(34(6,7)8)22-31(21-29)35(9,10)11/h13-18,20-22,26,33H,3-4,12,19H2,1-2,5-11H3/t26-,33?/m1/s1. The Balaban J connectivity index is 1.86. The SMILES string of the molecule is C=C(CC)c1ccc(C2C=C(C)C=C2[C@H](C)CC(=C)c2cc(C(C)(C)C)cc(C(C)(C)C)c2)cc1. The summed E-state index contributed by atoms with van der Waals surface area (Å²) in [5, 5.41) is 0. The monoisotopic (exact) mass is 466 g/mol. The van der Waals surface area contributed by atoms with Crippen LogP contribution in [0.4, 0.5) is 0 Å². The van der Waals surface area contributed by atoms with Crippen molar-refractivity contribution in [1.29, 1.82) is 0 Å². The molecule has 1 aliphatic rings. The molecule has 0 bridgehead atoms. The van der Waals surface area contributed by atoms with Crippen LogP contribution in [0.15, 0.2) is 78.9 Å². The topological polar surface area (TPSA) is 0 Å². The third-order valence-corrected chi connectivity index (χ3v) is 7.48. The number of rotatable bonds is 7. The van der Waals surface area contributed by atoms with Crippen molar-refractivity contribution in [3.63, 3.8) is 0 Å². The van der Waals surface area contributed by atoms with Crippen molar-refractivity contribution in [2.24, 2.45) is 5.92 Å².